The zero-order valence-electron chi connectivity index (χ0n) is 10.8. The molecular weight excluding hydrogens is 294 g/mol. The summed E-state index contributed by atoms with van der Waals surface area (Å²) in [6, 6.07) is 7.06. The normalized spacial score (nSPS) is 14.4. The molecule has 2 aromatic rings. The minimum atomic E-state index is -0.154. The van der Waals surface area contributed by atoms with E-state index in [1.165, 1.54) is 16.2 Å². The van der Waals surface area contributed by atoms with Crippen LogP contribution in [0.4, 0.5) is 5.69 Å². The van der Waals surface area contributed by atoms with Crippen molar-refractivity contribution in [3.8, 4) is 0 Å². The Labute approximate surface area is 126 Å². The molecule has 0 bridgehead atoms. The number of amides is 1. The minimum absolute atomic E-state index is 0.154. The fourth-order valence-electron chi connectivity index (χ4n) is 2.12. The highest BCUT2D eigenvalue weighted by atomic mass is 35.5. The van der Waals surface area contributed by atoms with Crippen LogP contribution in [0.2, 0.25) is 5.02 Å². The summed E-state index contributed by atoms with van der Waals surface area (Å²) >= 11 is 7.31. The van der Waals surface area contributed by atoms with Crippen molar-refractivity contribution in [2.45, 2.75) is 12.8 Å². The molecule has 20 heavy (non-hydrogen) atoms. The van der Waals surface area contributed by atoms with Gasteiger partial charge in [-0.15, -0.1) is 11.3 Å². The average molecular weight is 308 g/mol. The molecule has 3 rings (SSSR count). The van der Waals surface area contributed by atoms with Gasteiger partial charge in [-0.2, -0.15) is 0 Å². The Hall–Kier alpha value is -1.43. The zero-order valence-corrected chi connectivity index (χ0v) is 12.4. The summed E-state index contributed by atoms with van der Waals surface area (Å²) in [7, 11) is 0. The van der Waals surface area contributed by atoms with Crippen molar-refractivity contribution in [1.29, 1.82) is 0 Å². The van der Waals surface area contributed by atoms with E-state index in [0.29, 0.717) is 10.0 Å². The van der Waals surface area contributed by atoms with Crippen molar-refractivity contribution < 1.29 is 4.79 Å². The fraction of sp³-hybridized carbons (Fsp3) is 0.286. The van der Waals surface area contributed by atoms with Gasteiger partial charge in [0.25, 0.3) is 5.91 Å². The summed E-state index contributed by atoms with van der Waals surface area (Å²) in [5, 5.41) is 7.36. The van der Waals surface area contributed by atoms with Crippen molar-refractivity contribution in [2.24, 2.45) is 0 Å². The number of thiazole rings is 1. The van der Waals surface area contributed by atoms with Crippen LogP contribution in [0.5, 0.6) is 0 Å². The van der Waals surface area contributed by atoms with E-state index in [1.807, 2.05) is 0 Å². The van der Waals surface area contributed by atoms with Crippen LogP contribution >= 0.6 is 22.9 Å². The summed E-state index contributed by atoms with van der Waals surface area (Å²) < 4.78 is 0. The van der Waals surface area contributed by atoms with Crippen molar-refractivity contribution in [2.75, 3.05) is 18.4 Å². The number of fused-ring (bicyclic) bond motifs is 1. The second-order valence-electron chi connectivity index (χ2n) is 4.60. The maximum absolute atomic E-state index is 12.2. The molecule has 0 saturated carbocycles. The monoisotopic (exact) mass is 307 g/mol. The van der Waals surface area contributed by atoms with Gasteiger partial charge in [0.15, 0.2) is 5.01 Å². The molecule has 1 aromatic heterocycles. The Morgan fingerprint density at radius 3 is 2.80 bits per heavy atom. The molecule has 6 heteroatoms. The maximum Gasteiger partial charge on any atom is 0.284 e. The first kappa shape index (κ1) is 13.5. The molecule has 1 aromatic carbocycles. The molecule has 0 saturated heterocycles. The lowest BCUT2D eigenvalue weighted by Gasteiger charge is -2.02. The van der Waals surface area contributed by atoms with Crippen molar-refractivity contribution in [1.82, 2.24) is 10.3 Å². The molecule has 104 valence electrons. The van der Waals surface area contributed by atoms with Gasteiger partial charge in [0.05, 0.1) is 5.69 Å². The molecule has 1 amide bonds. The molecule has 1 aliphatic rings. The van der Waals surface area contributed by atoms with Gasteiger partial charge in [0.1, 0.15) is 0 Å². The third kappa shape index (κ3) is 3.00. The molecule has 0 radical (unpaired) electrons. The number of anilines is 1. The summed E-state index contributed by atoms with van der Waals surface area (Å²) in [6.45, 7) is 1.88. The molecule has 0 aliphatic carbocycles. The number of rotatable bonds is 2. The molecule has 0 fully saturated rings. The van der Waals surface area contributed by atoms with E-state index in [1.54, 1.807) is 24.3 Å². The second kappa shape index (κ2) is 5.91. The predicted octanol–water partition coefficient (Wildman–Crippen LogP) is 2.74. The number of nitrogens with one attached hydrogen (secondary N) is 2. The topological polar surface area (TPSA) is 54.0 Å². The van der Waals surface area contributed by atoms with Crippen LogP contribution < -0.4 is 10.6 Å². The summed E-state index contributed by atoms with van der Waals surface area (Å²) in [6.07, 6.45) is 1.83. The van der Waals surface area contributed by atoms with E-state index >= 15 is 0 Å². The van der Waals surface area contributed by atoms with Crippen LogP contribution in [0.1, 0.15) is 20.4 Å². The number of hydrogen-bond donors (Lipinski definition) is 2. The largest absolute Gasteiger partial charge is 0.320 e. The lowest BCUT2D eigenvalue weighted by Crippen LogP contribution is -2.17. The van der Waals surface area contributed by atoms with Crippen molar-refractivity contribution in [3.63, 3.8) is 0 Å². The molecular formula is C14H14ClN3OS. The number of halogens is 1. The van der Waals surface area contributed by atoms with E-state index < -0.39 is 0 Å². The van der Waals surface area contributed by atoms with E-state index in [-0.39, 0.29) is 5.91 Å². The average Bonchev–Trinajstić information content (AvgIpc) is 2.73. The number of benzene rings is 1. The Morgan fingerprint density at radius 2 is 2.00 bits per heavy atom. The lowest BCUT2D eigenvalue weighted by molar-refractivity contribution is 0.102. The maximum atomic E-state index is 12.2. The van der Waals surface area contributed by atoms with Gasteiger partial charge in [0, 0.05) is 35.1 Å². The smallest absolute Gasteiger partial charge is 0.284 e. The van der Waals surface area contributed by atoms with Gasteiger partial charge in [-0.1, -0.05) is 11.6 Å². The highest BCUT2D eigenvalue weighted by Crippen LogP contribution is 2.22. The van der Waals surface area contributed by atoms with Crippen LogP contribution in [0, 0.1) is 0 Å². The van der Waals surface area contributed by atoms with E-state index in [2.05, 4.69) is 15.6 Å². The first-order valence-corrected chi connectivity index (χ1v) is 7.68. The van der Waals surface area contributed by atoms with Crippen molar-refractivity contribution >= 4 is 34.5 Å². The van der Waals surface area contributed by atoms with Gasteiger partial charge < -0.3 is 10.6 Å². The Morgan fingerprint density at radius 1 is 1.25 bits per heavy atom. The van der Waals surface area contributed by atoms with Gasteiger partial charge in [-0.25, -0.2) is 4.98 Å². The number of nitrogens with zero attached hydrogens (tertiary/aromatic N) is 1. The van der Waals surface area contributed by atoms with Gasteiger partial charge in [-0.3, -0.25) is 4.79 Å². The van der Waals surface area contributed by atoms with Gasteiger partial charge in [0.2, 0.25) is 0 Å². The van der Waals surface area contributed by atoms with Crippen LogP contribution in [-0.4, -0.2) is 24.0 Å². The van der Waals surface area contributed by atoms with Crippen LogP contribution in [0.25, 0.3) is 0 Å². The number of hydrogen-bond acceptors (Lipinski definition) is 4. The summed E-state index contributed by atoms with van der Waals surface area (Å²) in [5.74, 6) is -0.154. The molecule has 0 atom stereocenters. The quantitative estimate of drug-likeness (QED) is 0.897. The SMILES string of the molecule is O=C(Nc1ccc(Cl)cc1)c1nc2c(s1)CCNCC2. The number of aromatic nitrogens is 1. The molecule has 0 spiro atoms. The van der Waals surface area contributed by atoms with E-state index in [0.717, 1.165) is 37.3 Å². The number of carbonyl (C=O) groups excluding carboxylic acids is 1. The van der Waals surface area contributed by atoms with Gasteiger partial charge >= 0.3 is 0 Å². The minimum Gasteiger partial charge on any atom is -0.320 e. The third-order valence-electron chi connectivity index (χ3n) is 3.14. The van der Waals surface area contributed by atoms with E-state index in [9.17, 15) is 4.79 Å². The van der Waals surface area contributed by atoms with Crippen LogP contribution in [0.15, 0.2) is 24.3 Å². The Kier molecular flexibility index (Phi) is 4.00. The second-order valence-corrected chi connectivity index (χ2v) is 6.12. The molecule has 4 nitrogen and oxygen atoms in total. The first-order valence-electron chi connectivity index (χ1n) is 6.48. The van der Waals surface area contributed by atoms with Crippen molar-refractivity contribution in [3.05, 3.63) is 44.9 Å². The third-order valence-corrected chi connectivity index (χ3v) is 4.55. The highest BCUT2D eigenvalue weighted by Gasteiger charge is 2.18. The lowest BCUT2D eigenvalue weighted by atomic mass is 10.2. The fourth-order valence-corrected chi connectivity index (χ4v) is 3.25. The Balaban J connectivity index is 1.75. The van der Waals surface area contributed by atoms with Crippen LogP contribution in [-0.2, 0) is 12.8 Å². The molecule has 2 N–H and O–H groups in total. The van der Waals surface area contributed by atoms with Gasteiger partial charge in [-0.05, 0) is 30.7 Å². The summed E-state index contributed by atoms with van der Waals surface area (Å²) in [4.78, 5) is 17.9. The first-order chi connectivity index (χ1) is 9.72. The highest BCUT2D eigenvalue weighted by molar-refractivity contribution is 7.13. The number of carbonyl (C=O) groups is 1. The molecule has 1 aliphatic heterocycles. The molecule has 0 unspecified atom stereocenters. The van der Waals surface area contributed by atoms with Crippen LogP contribution in [0.3, 0.4) is 0 Å². The predicted molar refractivity (Wildman–Crippen MR) is 81.8 cm³/mol. The van der Waals surface area contributed by atoms with E-state index in [4.69, 9.17) is 11.6 Å². The summed E-state index contributed by atoms with van der Waals surface area (Å²) in [5.41, 5.74) is 1.78. The Bertz CT molecular complexity index is 600. The zero-order chi connectivity index (χ0) is 13.9. The molecule has 2 heterocycles. The standard InChI is InChI=1S/C14H14ClN3OS/c15-9-1-3-10(4-2-9)17-13(19)14-18-11-5-7-16-8-6-12(11)20-14/h1-4,16H,5-8H2,(H,17,19).